The van der Waals surface area contributed by atoms with E-state index in [-0.39, 0.29) is 41.8 Å². The van der Waals surface area contributed by atoms with Gasteiger partial charge in [0, 0.05) is 38.0 Å². The summed E-state index contributed by atoms with van der Waals surface area (Å²) < 4.78 is 0. The van der Waals surface area contributed by atoms with Crippen molar-refractivity contribution in [1.29, 1.82) is 0 Å². The van der Waals surface area contributed by atoms with Crippen LogP contribution in [-0.2, 0) is 9.59 Å². The summed E-state index contributed by atoms with van der Waals surface area (Å²) in [6.45, 7) is 3.00. The van der Waals surface area contributed by atoms with Crippen LogP contribution in [0.15, 0.2) is 0 Å². The van der Waals surface area contributed by atoms with Gasteiger partial charge in [0.15, 0.2) is 0 Å². The molecule has 0 aromatic rings. The summed E-state index contributed by atoms with van der Waals surface area (Å²) in [5.74, 6) is 0.465. The molecule has 0 saturated heterocycles. The van der Waals surface area contributed by atoms with Gasteiger partial charge in [-0.25, -0.2) is 10.2 Å². The molecule has 0 bridgehead atoms. The van der Waals surface area contributed by atoms with Crippen LogP contribution in [0.3, 0.4) is 0 Å². The number of hydrogen-bond donors (Lipinski definition) is 6. The van der Waals surface area contributed by atoms with Gasteiger partial charge in [0.2, 0.25) is 11.8 Å². The minimum atomic E-state index is -0.367. The minimum absolute atomic E-state index is 0.0213. The van der Waals surface area contributed by atoms with E-state index in [2.05, 4.69) is 26.8 Å². The Hall–Kier alpha value is -1.87. The zero-order chi connectivity index (χ0) is 21.2. The normalized spacial score (nSPS) is 27.7. The summed E-state index contributed by atoms with van der Waals surface area (Å²) in [5.41, 5.74) is 5.50. The van der Waals surface area contributed by atoms with Crippen molar-refractivity contribution >= 4 is 17.8 Å². The second-order valence-corrected chi connectivity index (χ2v) is 8.33. The van der Waals surface area contributed by atoms with Gasteiger partial charge in [-0.3, -0.25) is 15.0 Å². The molecule has 0 aromatic heterocycles. The van der Waals surface area contributed by atoms with E-state index in [0.717, 1.165) is 38.5 Å². The lowest BCUT2D eigenvalue weighted by Gasteiger charge is -2.27. The van der Waals surface area contributed by atoms with Gasteiger partial charge >= 0.3 is 6.03 Å². The van der Waals surface area contributed by atoms with Gasteiger partial charge in [-0.1, -0.05) is 6.92 Å². The average molecular weight is 412 g/mol. The van der Waals surface area contributed by atoms with E-state index in [1.807, 2.05) is 6.92 Å². The fourth-order valence-corrected chi connectivity index (χ4v) is 4.18. The van der Waals surface area contributed by atoms with E-state index in [4.69, 9.17) is 0 Å². The molecule has 0 aliphatic heterocycles. The van der Waals surface area contributed by atoms with Crippen LogP contribution >= 0.6 is 0 Å². The molecule has 9 heteroatoms. The summed E-state index contributed by atoms with van der Waals surface area (Å²) >= 11 is 0. The molecule has 4 amide bonds. The van der Waals surface area contributed by atoms with Crippen molar-refractivity contribution in [3.8, 4) is 0 Å². The van der Waals surface area contributed by atoms with Gasteiger partial charge in [-0.05, 0) is 57.3 Å². The smallest absolute Gasteiger partial charge is 0.329 e. The van der Waals surface area contributed by atoms with Crippen LogP contribution < -0.4 is 26.8 Å². The molecule has 3 atom stereocenters. The highest BCUT2D eigenvalue weighted by atomic mass is 16.3. The van der Waals surface area contributed by atoms with Crippen LogP contribution in [0.2, 0.25) is 0 Å². The molecule has 2 fully saturated rings. The van der Waals surface area contributed by atoms with E-state index in [9.17, 15) is 19.5 Å². The number of amides is 4. The third kappa shape index (κ3) is 7.81. The molecule has 29 heavy (non-hydrogen) atoms. The number of carbonyl (C=O) groups excluding carboxylic acids is 3. The third-order valence-corrected chi connectivity index (χ3v) is 6.18. The number of hydrogen-bond acceptors (Lipinski definition) is 5. The predicted molar refractivity (Wildman–Crippen MR) is 110 cm³/mol. The Kier molecular flexibility index (Phi) is 9.66. The lowest BCUT2D eigenvalue weighted by Crippen LogP contribution is -2.51. The largest absolute Gasteiger partial charge is 0.393 e. The third-order valence-electron chi connectivity index (χ3n) is 6.18. The first kappa shape index (κ1) is 23.4. The van der Waals surface area contributed by atoms with E-state index >= 15 is 0 Å². The maximum absolute atomic E-state index is 12.2. The number of carbonyl (C=O) groups is 3. The van der Waals surface area contributed by atoms with Gasteiger partial charge in [-0.15, -0.1) is 0 Å². The van der Waals surface area contributed by atoms with Crippen LogP contribution in [0.1, 0.15) is 58.3 Å². The highest BCUT2D eigenvalue weighted by molar-refractivity contribution is 5.79. The molecule has 2 saturated carbocycles. The Balaban J connectivity index is 1.57. The predicted octanol–water partition coefficient (Wildman–Crippen LogP) is 0.398. The van der Waals surface area contributed by atoms with Crippen LogP contribution in [0.5, 0.6) is 0 Å². The average Bonchev–Trinajstić information content (AvgIpc) is 3.17. The molecule has 0 radical (unpaired) electrons. The van der Waals surface area contributed by atoms with E-state index in [1.165, 1.54) is 0 Å². The monoisotopic (exact) mass is 411 g/mol. The van der Waals surface area contributed by atoms with E-state index in [0.29, 0.717) is 31.8 Å². The number of urea groups is 1. The molecule has 6 N–H and O–H groups in total. The van der Waals surface area contributed by atoms with Crippen molar-refractivity contribution in [1.82, 2.24) is 26.8 Å². The Labute approximate surface area is 173 Å². The fraction of sp³-hybridized carbons (Fsp3) is 0.850. The van der Waals surface area contributed by atoms with Gasteiger partial charge < -0.3 is 21.1 Å². The molecule has 9 nitrogen and oxygen atoms in total. The highest BCUT2D eigenvalue weighted by Crippen LogP contribution is 2.28. The molecular weight excluding hydrogens is 374 g/mol. The molecule has 2 aliphatic carbocycles. The molecule has 2 aliphatic rings. The van der Waals surface area contributed by atoms with Gasteiger partial charge in [-0.2, -0.15) is 0 Å². The Morgan fingerprint density at radius 1 is 1.00 bits per heavy atom. The van der Waals surface area contributed by atoms with Crippen LogP contribution in [-0.4, -0.2) is 55.2 Å². The maximum atomic E-state index is 12.2. The van der Waals surface area contributed by atoms with Gasteiger partial charge in [0.05, 0.1) is 6.10 Å². The zero-order valence-corrected chi connectivity index (χ0v) is 17.6. The Morgan fingerprint density at radius 3 is 2.28 bits per heavy atom. The summed E-state index contributed by atoms with van der Waals surface area (Å²) in [6, 6.07) is -0.376. The molecule has 0 spiro atoms. The number of rotatable bonds is 9. The van der Waals surface area contributed by atoms with Crippen molar-refractivity contribution in [2.75, 3.05) is 20.1 Å². The SMILES string of the molecule is CC[C@@H](CNNC(=O)NCC1CCC(C(=O)NC)CC1)NC(=O)[C@H]1CC[C@H](O)C1. The van der Waals surface area contributed by atoms with Crippen molar-refractivity contribution in [3.05, 3.63) is 0 Å². The number of aliphatic hydroxyl groups is 1. The minimum Gasteiger partial charge on any atom is -0.393 e. The van der Waals surface area contributed by atoms with Crippen molar-refractivity contribution in [3.63, 3.8) is 0 Å². The lowest BCUT2D eigenvalue weighted by molar-refractivity contribution is -0.126. The molecular formula is C20H37N5O4. The first-order valence-electron chi connectivity index (χ1n) is 10.9. The lowest BCUT2D eigenvalue weighted by atomic mass is 9.81. The first-order valence-corrected chi connectivity index (χ1v) is 10.9. The second-order valence-electron chi connectivity index (χ2n) is 8.33. The second kappa shape index (κ2) is 12.0. The van der Waals surface area contributed by atoms with E-state index < -0.39 is 0 Å². The summed E-state index contributed by atoms with van der Waals surface area (Å²) in [7, 11) is 1.67. The first-order chi connectivity index (χ1) is 13.9. The molecule has 0 aromatic carbocycles. The summed E-state index contributed by atoms with van der Waals surface area (Å²) in [5, 5.41) is 18.1. The maximum Gasteiger partial charge on any atom is 0.329 e. The van der Waals surface area contributed by atoms with Crippen molar-refractivity contribution in [2.45, 2.75) is 70.4 Å². The highest BCUT2D eigenvalue weighted by Gasteiger charge is 2.29. The van der Waals surface area contributed by atoms with Gasteiger partial charge in [0.1, 0.15) is 0 Å². The van der Waals surface area contributed by atoms with Crippen LogP contribution in [0, 0.1) is 17.8 Å². The quantitative estimate of drug-likeness (QED) is 0.306. The van der Waals surface area contributed by atoms with Gasteiger partial charge in [0.25, 0.3) is 0 Å². The number of nitrogens with one attached hydrogen (secondary N) is 5. The Bertz CT molecular complexity index is 551. The number of aliphatic hydroxyl groups excluding tert-OH is 1. The summed E-state index contributed by atoms with van der Waals surface area (Å²) in [6.07, 6.45) is 5.91. The summed E-state index contributed by atoms with van der Waals surface area (Å²) in [4.78, 5) is 35.9. The zero-order valence-electron chi connectivity index (χ0n) is 17.6. The molecule has 2 rings (SSSR count). The molecule has 0 heterocycles. The Morgan fingerprint density at radius 2 is 1.69 bits per heavy atom. The van der Waals surface area contributed by atoms with Crippen molar-refractivity contribution < 1.29 is 19.5 Å². The molecule has 166 valence electrons. The fourth-order valence-electron chi connectivity index (χ4n) is 4.18. The standard InChI is InChI=1S/C20H37N5O4/c1-3-16(24-19(28)15-8-9-17(26)10-15)12-23-25-20(29)22-11-13-4-6-14(7-5-13)18(27)21-2/h13-17,23,26H,3-12H2,1-2H3,(H,21,27)(H,24,28)(H2,22,25,29)/t13?,14?,15-,16-,17-/m0/s1. The van der Waals surface area contributed by atoms with Crippen molar-refractivity contribution in [2.24, 2.45) is 17.8 Å². The van der Waals surface area contributed by atoms with Crippen LogP contribution in [0.25, 0.3) is 0 Å². The molecule has 0 unspecified atom stereocenters. The van der Waals surface area contributed by atoms with Crippen LogP contribution in [0.4, 0.5) is 4.79 Å². The van der Waals surface area contributed by atoms with E-state index in [1.54, 1.807) is 7.05 Å². The number of hydrazine groups is 1. The topological polar surface area (TPSA) is 132 Å².